The molecular weight excluding hydrogens is 344 g/mol. The van der Waals surface area contributed by atoms with E-state index in [2.05, 4.69) is 10.3 Å². The second kappa shape index (κ2) is 6.53. The van der Waals surface area contributed by atoms with E-state index in [1.807, 2.05) is 43.3 Å². The zero-order valence-corrected chi connectivity index (χ0v) is 14.5. The third-order valence-corrected chi connectivity index (χ3v) is 4.45. The fourth-order valence-electron chi connectivity index (χ4n) is 3.17. The van der Waals surface area contributed by atoms with E-state index in [1.165, 1.54) is 18.2 Å². The average molecular weight is 360 g/mol. The standard InChI is InChI=1S/C20H16N4O3/c1-13-9-16(7-8-21-13)22-15-3-2-4-17(11-15)23-12-14-10-18(24(26)27)5-6-19(14)20(23)25/h2-11H,12H2,1H3,(H,21,22). The van der Waals surface area contributed by atoms with Crippen LogP contribution in [-0.4, -0.2) is 15.8 Å². The van der Waals surface area contributed by atoms with Crippen molar-refractivity contribution in [2.45, 2.75) is 13.5 Å². The number of nitrogens with one attached hydrogen (secondary N) is 1. The molecule has 0 spiro atoms. The summed E-state index contributed by atoms with van der Waals surface area (Å²) in [5, 5.41) is 14.3. The summed E-state index contributed by atoms with van der Waals surface area (Å²) in [6, 6.07) is 15.7. The molecule has 1 aromatic heterocycles. The van der Waals surface area contributed by atoms with Crippen molar-refractivity contribution in [3.8, 4) is 0 Å². The van der Waals surface area contributed by atoms with Crippen molar-refractivity contribution in [1.29, 1.82) is 0 Å². The Hall–Kier alpha value is -3.74. The van der Waals surface area contributed by atoms with Gasteiger partial charge in [-0.3, -0.25) is 19.9 Å². The first-order valence-electron chi connectivity index (χ1n) is 8.40. The molecule has 3 aromatic rings. The minimum absolute atomic E-state index is 0.00752. The van der Waals surface area contributed by atoms with Crippen LogP contribution in [-0.2, 0) is 6.54 Å². The van der Waals surface area contributed by atoms with Crippen LogP contribution in [0, 0.1) is 17.0 Å². The van der Waals surface area contributed by atoms with Gasteiger partial charge in [0.1, 0.15) is 0 Å². The highest BCUT2D eigenvalue weighted by Gasteiger charge is 2.30. The number of pyridine rings is 1. The predicted molar refractivity (Wildman–Crippen MR) is 102 cm³/mol. The van der Waals surface area contributed by atoms with Crippen molar-refractivity contribution < 1.29 is 9.72 Å². The Labute approximate surface area is 155 Å². The number of rotatable bonds is 4. The van der Waals surface area contributed by atoms with Crippen molar-refractivity contribution in [2.75, 3.05) is 10.2 Å². The van der Waals surface area contributed by atoms with Gasteiger partial charge >= 0.3 is 0 Å². The number of aromatic nitrogens is 1. The van der Waals surface area contributed by atoms with E-state index in [9.17, 15) is 14.9 Å². The monoisotopic (exact) mass is 360 g/mol. The maximum absolute atomic E-state index is 12.7. The molecule has 0 unspecified atom stereocenters. The molecule has 1 amide bonds. The molecule has 27 heavy (non-hydrogen) atoms. The van der Waals surface area contributed by atoms with Gasteiger partial charge in [-0.1, -0.05) is 6.07 Å². The summed E-state index contributed by atoms with van der Waals surface area (Å²) in [6.07, 6.45) is 1.73. The molecule has 134 valence electrons. The summed E-state index contributed by atoms with van der Waals surface area (Å²) in [6.45, 7) is 2.23. The summed E-state index contributed by atoms with van der Waals surface area (Å²) in [5.74, 6) is -0.156. The number of nitro groups is 1. The summed E-state index contributed by atoms with van der Waals surface area (Å²) in [5.41, 5.74) is 4.55. The Morgan fingerprint density at radius 1 is 1.11 bits per heavy atom. The fraction of sp³-hybridized carbons (Fsp3) is 0.100. The number of nitrogens with zero attached hydrogens (tertiary/aromatic N) is 3. The van der Waals surface area contributed by atoms with Crippen LogP contribution < -0.4 is 10.2 Å². The van der Waals surface area contributed by atoms with Gasteiger partial charge in [0, 0.05) is 46.6 Å². The highest BCUT2D eigenvalue weighted by Crippen LogP contribution is 2.32. The summed E-state index contributed by atoms with van der Waals surface area (Å²) >= 11 is 0. The molecule has 1 aliphatic heterocycles. The summed E-state index contributed by atoms with van der Waals surface area (Å²) in [7, 11) is 0. The number of anilines is 3. The molecule has 0 bridgehead atoms. The molecule has 2 aromatic carbocycles. The number of non-ortho nitro benzene ring substituents is 1. The van der Waals surface area contributed by atoms with Crippen LogP contribution >= 0.6 is 0 Å². The Morgan fingerprint density at radius 2 is 1.93 bits per heavy atom. The highest BCUT2D eigenvalue weighted by atomic mass is 16.6. The Kier molecular flexibility index (Phi) is 4.04. The number of fused-ring (bicyclic) bond motifs is 1. The summed E-state index contributed by atoms with van der Waals surface area (Å²) in [4.78, 5) is 29.0. The lowest BCUT2D eigenvalue weighted by Gasteiger charge is -2.17. The number of aryl methyl sites for hydroxylation is 1. The van der Waals surface area contributed by atoms with Crippen LogP contribution in [0.3, 0.4) is 0 Å². The Bertz CT molecular complexity index is 1060. The third kappa shape index (κ3) is 3.22. The molecule has 0 atom stereocenters. The zero-order chi connectivity index (χ0) is 19.0. The number of carbonyl (C=O) groups is 1. The van der Waals surface area contributed by atoms with E-state index in [1.54, 1.807) is 11.1 Å². The lowest BCUT2D eigenvalue weighted by Crippen LogP contribution is -2.22. The number of benzene rings is 2. The predicted octanol–water partition coefficient (Wildman–Crippen LogP) is 4.20. The maximum Gasteiger partial charge on any atom is 0.269 e. The maximum atomic E-state index is 12.7. The molecule has 7 nitrogen and oxygen atoms in total. The molecule has 0 saturated carbocycles. The molecule has 1 N–H and O–H groups in total. The molecule has 0 aliphatic carbocycles. The van der Waals surface area contributed by atoms with Gasteiger partial charge in [0.25, 0.3) is 11.6 Å². The normalized spacial score (nSPS) is 12.8. The highest BCUT2D eigenvalue weighted by molar-refractivity contribution is 6.10. The second-order valence-electron chi connectivity index (χ2n) is 6.35. The van der Waals surface area contributed by atoms with Crippen LogP contribution in [0.25, 0.3) is 0 Å². The second-order valence-corrected chi connectivity index (χ2v) is 6.35. The van der Waals surface area contributed by atoms with Gasteiger partial charge in [-0.2, -0.15) is 0 Å². The minimum Gasteiger partial charge on any atom is -0.355 e. The summed E-state index contributed by atoms with van der Waals surface area (Å²) < 4.78 is 0. The largest absolute Gasteiger partial charge is 0.355 e. The van der Waals surface area contributed by atoms with E-state index in [4.69, 9.17) is 0 Å². The van der Waals surface area contributed by atoms with Crippen molar-refractivity contribution in [2.24, 2.45) is 0 Å². The first-order chi connectivity index (χ1) is 13.0. The lowest BCUT2D eigenvalue weighted by molar-refractivity contribution is -0.384. The van der Waals surface area contributed by atoms with E-state index in [0.29, 0.717) is 17.7 Å². The van der Waals surface area contributed by atoms with Gasteiger partial charge in [0.15, 0.2) is 0 Å². The number of amides is 1. The van der Waals surface area contributed by atoms with Gasteiger partial charge < -0.3 is 10.2 Å². The van der Waals surface area contributed by atoms with Gasteiger partial charge in [-0.25, -0.2) is 0 Å². The Morgan fingerprint density at radius 3 is 2.70 bits per heavy atom. The van der Waals surface area contributed by atoms with Crippen LogP contribution in [0.5, 0.6) is 0 Å². The molecule has 0 saturated heterocycles. The van der Waals surface area contributed by atoms with Crippen molar-refractivity contribution in [3.05, 3.63) is 87.7 Å². The zero-order valence-electron chi connectivity index (χ0n) is 14.5. The SMILES string of the molecule is Cc1cc(Nc2cccc(N3Cc4cc([N+](=O)[O-])ccc4C3=O)c2)ccn1. The molecule has 0 radical (unpaired) electrons. The van der Waals surface area contributed by atoms with Gasteiger partial charge in [-0.05, 0) is 48.9 Å². The van der Waals surface area contributed by atoms with Crippen LogP contribution in [0.15, 0.2) is 60.8 Å². The van der Waals surface area contributed by atoms with E-state index < -0.39 is 4.92 Å². The smallest absolute Gasteiger partial charge is 0.269 e. The third-order valence-electron chi connectivity index (χ3n) is 4.45. The molecular formula is C20H16N4O3. The van der Waals surface area contributed by atoms with Gasteiger partial charge in [0.2, 0.25) is 0 Å². The molecule has 4 rings (SSSR count). The molecule has 7 heteroatoms. The topological polar surface area (TPSA) is 88.4 Å². The van der Waals surface area contributed by atoms with Crippen molar-refractivity contribution >= 4 is 28.7 Å². The quantitative estimate of drug-likeness (QED) is 0.556. The molecule has 0 fully saturated rings. The van der Waals surface area contributed by atoms with Crippen LogP contribution in [0.4, 0.5) is 22.7 Å². The first-order valence-corrected chi connectivity index (χ1v) is 8.40. The minimum atomic E-state index is -0.450. The number of nitro benzene ring substituents is 1. The van der Waals surface area contributed by atoms with E-state index >= 15 is 0 Å². The van der Waals surface area contributed by atoms with Crippen LogP contribution in [0.1, 0.15) is 21.6 Å². The van der Waals surface area contributed by atoms with Crippen LogP contribution in [0.2, 0.25) is 0 Å². The van der Waals surface area contributed by atoms with Crippen molar-refractivity contribution in [3.63, 3.8) is 0 Å². The number of carbonyl (C=O) groups excluding carboxylic acids is 1. The van der Waals surface area contributed by atoms with E-state index in [0.717, 1.165) is 22.8 Å². The first kappa shape index (κ1) is 16.7. The van der Waals surface area contributed by atoms with Gasteiger partial charge in [-0.15, -0.1) is 0 Å². The fourth-order valence-corrected chi connectivity index (χ4v) is 3.17. The van der Waals surface area contributed by atoms with Crippen molar-refractivity contribution in [1.82, 2.24) is 4.98 Å². The van der Waals surface area contributed by atoms with E-state index in [-0.39, 0.29) is 11.6 Å². The Balaban J connectivity index is 1.61. The van der Waals surface area contributed by atoms with Gasteiger partial charge in [0.05, 0.1) is 11.5 Å². The average Bonchev–Trinajstić information content (AvgIpc) is 2.98. The number of hydrogen-bond acceptors (Lipinski definition) is 5. The number of hydrogen-bond donors (Lipinski definition) is 1. The lowest BCUT2D eigenvalue weighted by atomic mass is 10.1. The molecule has 1 aliphatic rings. The molecule has 2 heterocycles.